The number of fused-ring (bicyclic) bond motifs is 1. The van der Waals surface area contributed by atoms with Gasteiger partial charge in [0.25, 0.3) is 11.8 Å². The fourth-order valence-corrected chi connectivity index (χ4v) is 4.27. The molecule has 30 heavy (non-hydrogen) atoms. The number of anilines is 1. The van der Waals surface area contributed by atoms with E-state index in [0.29, 0.717) is 32.7 Å². The highest BCUT2D eigenvalue weighted by Crippen LogP contribution is 2.39. The molecule has 2 N–H and O–H groups in total. The molecule has 0 radical (unpaired) electrons. The number of thioether (sulfide) groups is 1. The average Bonchev–Trinajstić information content (AvgIpc) is 2.74. The third-order valence-electron chi connectivity index (χ3n) is 4.52. The Morgan fingerprint density at radius 1 is 1.00 bits per heavy atom. The largest absolute Gasteiger partial charge is 0.348 e. The highest BCUT2D eigenvalue weighted by Gasteiger charge is 2.22. The highest BCUT2D eigenvalue weighted by molar-refractivity contribution is 8.04. The molecule has 0 unspecified atom stereocenters. The fourth-order valence-electron chi connectivity index (χ4n) is 2.95. The number of hydrogen-bond acceptors (Lipinski definition) is 3. The lowest BCUT2D eigenvalue weighted by Crippen LogP contribution is -2.24. The number of halogens is 2. The predicted molar refractivity (Wildman–Crippen MR) is 123 cm³/mol. The molecule has 0 saturated carbocycles. The Kier molecular flexibility index (Phi) is 6.13. The lowest BCUT2D eigenvalue weighted by atomic mass is 10.1. The summed E-state index contributed by atoms with van der Waals surface area (Å²) in [5, 5.41) is 6.89. The third kappa shape index (κ3) is 4.54. The minimum Gasteiger partial charge on any atom is -0.348 e. The van der Waals surface area contributed by atoms with Gasteiger partial charge in [-0.2, -0.15) is 0 Å². The van der Waals surface area contributed by atoms with Crippen molar-refractivity contribution in [1.29, 1.82) is 0 Å². The van der Waals surface area contributed by atoms with Crippen molar-refractivity contribution in [3.8, 4) is 0 Å². The molecule has 2 amide bonds. The zero-order valence-electron chi connectivity index (χ0n) is 15.6. The number of nitrogens with one attached hydrogen (secondary N) is 2. The maximum atomic E-state index is 12.5. The molecule has 0 bridgehead atoms. The molecule has 150 valence electrons. The molecule has 0 fully saturated rings. The summed E-state index contributed by atoms with van der Waals surface area (Å²) in [5.74, 6) is -0.476. The van der Waals surface area contributed by atoms with Gasteiger partial charge in [-0.05, 0) is 47.5 Å². The molecule has 0 spiro atoms. The second-order valence-corrected chi connectivity index (χ2v) is 8.47. The van der Waals surface area contributed by atoms with E-state index in [1.165, 1.54) is 11.8 Å². The minimum absolute atomic E-state index is 0.235. The maximum absolute atomic E-state index is 12.5. The van der Waals surface area contributed by atoms with Gasteiger partial charge in [-0.1, -0.05) is 71.4 Å². The molecule has 1 aliphatic heterocycles. The molecule has 3 aromatic carbocycles. The molecule has 0 aliphatic carbocycles. The quantitative estimate of drug-likeness (QED) is 0.474. The summed E-state index contributed by atoms with van der Waals surface area (Å²) in [5.41, 5.74) is 2.67. The summed E-state index contributed by atoms with van der Waals surface area (Å²) in [6.07, 6.45) is 1.76. The van der Waals surface area contributed by atoms with Crippen molar-refractivity contribution in [2.24, 2.45) is 0 Å². The van der Waals surface area contributed by atoms with Crippen molar-refractivity contribution in [3.05, 3.63) is 98.4 Å². The zero-order valence-corrected chi connectivity index (χ0v) is 17.9. The number of hydrogen-bond donors (Lipinski definition) is 2. The Morgan fingerprint density at radius 3 is 2.50 bits per heavy atom. The van der Waals surface area contributed by atoms with Crippen LogP contribution in [0.15, 0.2) is 76.5 Å². The van der Waals surface area contributed by atoms with Crippen LogP contribution in [0.25, 0.3) is 6.08 Å². The maximum Gasteiger partial charge on any atom is 0.262 e. The van der Waals surface area contributed by atoms with Crippen LogP contribution in [0.2, 0.25) is 10.0 Å². The van der Waals surface area contributed by atoms with E-state index < -0.39 is 0 Å². The smallest absolute Gasteiger partial charge is 0.262 e. The zero-order chi connectivity index (χ0) is 21.1. The molecule has 1 aliphatic rings. The van der Waals surface area contributed by atoms with Crippen LogP contribution in [0.5, 0.6) is 0 Å². The highest BCUT2D eigenvalue weighted by atomic mass is 35.5. The summed E-state index contributed by atoms with van der Waals surface area (Å²) in [7, 11) is 0. The standard InChI is InChI=1S/C23H16Cl2N2O2S/c24-17-7-3-1-5-14(17)12-21-23(29)27-19-11-15(9-10-20(19)30-21)22(28)26-13-16-6-2-4-8-18(16)25/h1-12H,13H2,(H,26,28)(H,27,29)/b21-12+. The van der Waals surface area contributed by atoms with E-state index in [2.05, 4.69) is 10.6 Å². The summed E-state index contributed by atoms with van der Waals surface area (Å²) in [4.78, 5) is 26.5. The van der Waals surface area contributed by atoms with Crippen LogP contribution in [0.1, 0.15) is 21.5 Å². The molecule has 4 rings (SSSR count). The minimum atomic E-state index is -0.241. The Labute approximate surface area is 188 Å². The van der Waals surface area contributed by atoms with Crippen molar-refractivity contribution in [3.63, 3.8) is 0 Å². The van der Waals surface area contributed by atoms with Gasteiger partial charge in [0.1, 0.15) is 0 Å². The number of rotatable bonds is 4. The van der Waals surface area contributed by atoms with Gasteiger partial charge in [0.15, 0.2) is 0 Å². The van der Waals surface area contributed by atoms with Crippen molar-refractivity contribution >= 4 is 58.5 Å². The Bertz CT molecular complexity index is 1180. The SMILES string of the molecule is O=C1Nc2cc(C(=O)NCc3ccccc3Cl)ccc2S/C1=C/c1ccccc1Cl. The first kappa shape index (κ1) is 20.5. The van der Waals surface area contributed by atoms with Gasteiger partial charge in [-0.3, -0.25) is 9.59 Å². The Hall–Kier alpha value is -2.73. The van der Waals surface area contributed by atoms with Gasteiger partial charge >= 0.3 is 0 Å². The molecule has 1 heterocycles. The summed E-state index contributed by atoms with van der Waals surface area (Å²) in [6, 6.07) is 19.9. The van der Waals surface area contributed by atoms with Crippen molar-refractivity contribution in [2.75, 3.05) is 5.32 Å². The number of carbonyl (C=O) groups excluding carboxylic acids is 2. The van der Waals surface area contributed by atoms with Crippen LogP contribution < -0.4 is 10.6 Å². The van der Waals surface area contributed by atoms with Gasteiger partial charge in [-0.15, -0.1) is 0 Å². The molecule has 4 nitrogen and oxygen atoms in total. The summed E-state index contributed by atoms with van der Waals surface area (Å²) < 4.78 is 0. The van der Waals surface area contributed by atoms with E-state index in [-0.39, 0.29) is 11.8 Å². The molecule has 7 heteroatoms. The first-order valence-corrected chi connectivity index (χ1v) is 10.7. The van der Waals surface area contributed by atoms with Crippen LogP contribution in [0.3, 0.4) is 0 Å². The molecule has 0 atom stereocenters. The van der Waals surface area contributed by atoms with Gasteiger partial charge in [0, 0.05) is 27.0 Å². The molecule has 3 aromatic rings. The molecule has 0 aromatic heterocycles. The van der Waals surface area contributed by atoms with Crippen LogP contribution in [-0.2, 0) is 11.3 Å². The lowest BCUT2D eigenvalue weighted by molar-refractivity contribution is -0.112. The van der Waals surface area contributed by atoms with E-state index in [0.717, 1.165) is 16.0 Å². The topological polar surface area (TPSA) is 58.2 Å². The monoisotopic (exact) mass is 454 g/mol. The van der Waals surface area contributed by atoms with E-state index in [9.17, 15) is 9.59 Å². The first-order valence-electron chi connectivity index (χ1n) is 9.12. The van der Waals surface area contributed by atoms with Crippen molar-refractivity contribution < 1.29 is 9.59 Å². The van der Waals surface area contributed by atoms with Crippen molar-refractivity contribution in [1.82, 2.24) is 5.32 Å². The summed E-state index contributed by atoms with van der Waals surface area (Å²) >= 11 is 13.7. The van der Waals surface area contributed by atoms with E-state index >= 15 is 0 Å². The number of amides is 2. The van der Waals surface area contributed by atoms with E-state index in [4.69, 9.17) is 23.2 Å². The van der Waals surface area contributed by atoms with Crippen LogP contribution in [0, 0.1) is 0 Å². The van der Waals surface area contributed by atoms with Gasteiger partial charge < -0.3 is 10.6 Å². The van der Waals surface area contributed by atoms with Crippen molar-refractivity contribution in [2.45, 2.75) is 11.4 Å². The normalized spacial score (nSPS) is 14.2. The predicted octanol–water partition coefficient (Wildman–Crippen LogP) is 6.01. The number of benzene rings is 3. The third-order valence-corrected chi connectivity index (χ3v) is 6.33. The lowest BCUT2D eigenvalue weighted by Gasteiger charge is -2.19. The average molecular weight is 455 g/mol. The van der Waals surface area contributed by atoms with Crippen LogP contribution >= 0.6 is 35.0 Å². The van der Waals surface area contributed by atoms with E-state index in [1.54, 1.807) is 30.3 Å². The van der Waals surface area contributed by atoms with E-state index in [1.807, 2.05) is 42.5 Å². The Balaban J connectivity index is 1.50. The van der Waals surface area contributed by atoms with Gasteiger partial charge in [0.2, 0.25) is 0 Å². The van der Waals surface area contributed by atoms with Crippen LogP contribution in [-0.4, -0.2) is 11.8 Å². The Morgan fingerprint density at radius 2 is 1.73 bits per heavy atom. The molecular weight excluding hydrogens is 439 g/mol. The second-order valence-electron chi connectivity index (χ2n) is 6.57. The van der Waals surface area contributed by atoms with Gasteiger partial charge in [-0.25, -0.2) is 0 Å². The second kappa shape index (κ2) is 8.96. The first-order chi connectivity index (χ1) is 14.5. The number of carbonyl (C=O) groups is 2. The molecular formula is C23H16Cl2N2O2S. The van der Waals surface area contributed by atoms with Crippen LogP contribution in [0.4, 0.5) is 5.69 Å². The van der Waals surface area contributed by atoms with Gasteiger partial charge in [0.05, 0.1) is 10.6 Å². The molecule has 0 saturated heterocycles. The summed E-state index contributed by atoms with van der Waals surface area (Å²) in [6.45, 7) is 0.321. The fraction of sp³-hybridized carbons (Fsp3) is 0.0435.